The molecule has 0 saturated carbocycles. The minimum atomic E-state index is 0.447. The lowest BCUT2D eigenvalue weighted by atomic mass is 10.3. The van der Waals surface area contributed by atoms with Crippen LogP contribution in [0.4, 0.5) is 0 Å². The summed E-state index contributed by atoms with van der Waals surface area (Å²) in [5.74, 6) is 0.899. The summed E-state index contributed by atoms with van der Waals surface area (Å²) < 4.78 is 3.93. The van der Waals surface area contributed by atoms with E-state index in [1.54, 1.807) is 0 Å². The average Bonchev–Trinajstić information content (AvgIpc) is 3.20. The molecular formula is C15H19N7. The van der Waals surface area contributed by atoms with Crippen molar-refractivity contribution < 1.29 is 0 Å². The van der Waals surface area contributed by atoms with Crippen LogP contribution in [-0.2, 0) is 6.54 Å². The van der Waals surface area contributed by atoms with E-state index in [1.165, 1.54) is 5.56 Å². The molecule has 1 saturated heterocycles. The molecule has 1 fully saturated rings. The molecule has 114 valence electrons. The summed E-state index contributed by atoms with van der Waals surface area (Å²) in [7, 11) is 0. The van der Waals surface area contributed by atoms with Crippen LogP contribution in [0.3, 0.4) is 0 Å². The maximum Gasteiger partial charge on any atom is 0.177 e. The number of rotatable bonds is 3. The summed E-state index contributed by atoms with van der Waals surface area (Å²) >= 11 is 0. The molecule has 1 aliphatic heterocycles. The van der Waals surface area contributed by atoms with Crippen LogP contribution in [0.2, 0.25) is 0 Å². The van der Waals surface area contributed by atoms with Gasteiger partial charge in [0.25, 0.3) is 0 Å². The van der Waals surface area contributed by atoms with Gasteiger partial charge in [0.15, 0.2) is 11.5 Å². The topological polar surface area (TPSA) is 64.1 Å². The van der Waals surface area contributed by atoms with Crippen LogP contribution >= 0.6 is 0 Å². The highest BCUT2D eigenvalue weighted by molar-refractivity contribution is 5.35. The fourth-order valence-electron chi connectivity index (χ4n) is 3.03. The first-order chi connectivity index (χ1) is 10.7. The van der Waals surface area contributed by atoms with Gasteiger partial charge >= 0.3 is 0 Å². The third-order valence-electron chi connectivity index (χ3n) is 4.18. The van der Waals surface area contributed by atoms with Gasteiger partial charge in [-0.2, -0.15) is 14.7 Å². The highest BCUT2D eigenvalue weighted by Crippen LogP contribution is 2.22. The molecule has 1 unspecified atom stereocenters. The lowest BCUT2D eigenvalue weighted by Gasteiger charge is -2.14. The standard InChI is InChI=1S/C15H19N7/c1-11-7-16-21(8-11)13-5-6-20(9-13)10-15-18-17-14-4-3-12(2)19-22(14)15/h3-4,7-8,13H,5-6,9-10H2,1-2H3. The van der Waals surface area contributed by atoms with Crippen molar-refractivity contribution in [1.29, 1.82) is 0 Å². The molecule has 1 atom stereocenters. The third-order valence-corrected chi connectivity index (χ3v) is 4.18. The maximum absolute atomic E-state index is 4.51. The van der Waals surface area contributed by atoms with Crippen molar-refractivity contribution in [3.63, 3.8) is 0 Å². The number of aryl methyl sites for hydroxylation is 2. The SMILES string of the molecule is Cc1cnn(C2CCN(Cc3nnc4ccc(C)nn34)C2)c1. The zero-order valence-electron chi connectivity index (χ0n) is 12.8. The van der Waals surface area contributed by atoms with Crippen molar-refractivity contribution in [3.8, 4) is 0 Å². The second-order valence-electron chi connectivity index (χ2n) is 6.04. The van der Waals surface area contributed by atoms with Crippen LogP contribution in [0.25, 0.3) is 5.65 Å². The van der Waals surface area contributed by atoms with E-state index in [-0.39, 0.29) is 0 Å². The van der Waals surface area contributed by atoms with E-state index in [4.69, 9.17) is 0 Å². The second kappa shape index (κ2) is 5.17. The summed E-state index contributed by atoms with van der Waals surface area (Å²) in [6.07, 6.45) is 5.15. The Morgan fingerprint density at radius 1 is 1.23 bits per heavy atom. The molecule has 3 aromatic rings. The van der Waals surface area contributed by atoms with Crippen molar-refractivity contribution in [2.75, 3.05) is 13.1 Å². The summed E-state index contributed by atoms with van der Waals surface area (Å²) in [4.78, 5) is 2.39. The van der Waals surface area contributed by atoms with Crippen LogP contribution < -0.4 is 0 Å². The molecule has 0 aliphatic carbocycles. The van der Waals surface area contributed by atoms with Crippen molar-refractivity contribution in [3.05, 3.63) is 41.6 Å². The first kappa shape index (κ1) is 13.4. The van der Waals surface area contributed by atoms with Crippen molar-refractivity contribution >= 4 is 5.65 Å². The first-order valence-corrected chi connectivity index (χ1v) is 7.60. The normalized spacial score (nSPS) is 19.3. The Balaban J connectivity index is 1.50. The van der Waals surface area contributed by atoms with Gasteiger partial charge in [0.05, 0.1) is 24.5 Å². The number of hydrogen-bond donors (Lipinski definition) is 0. The molecule has 4 heterocycles. The molecule has 0 radical (unpaired) electrons. The number of nitrogens with zero attached hydrogens (tertiary/aromatic N) is 7. The summed E-state index contributed by atoms with van der Waals surface area (Å²) in [6.45, 7) is 6.86. The molecular weight excluding hydrogens is 278 g/mol. The molecule has 0 spiro atoms. The quantitative estimate of drug-likeness (QED) is 0.731. The highest BCUT2D eigenvalue weighted by atomic mass is 15.4. The minimum absolute atomic E-state index is 0.447. The van der Waals surface area contributed by atoms with Crippen LogP contribution in [0.15, 0.2) is 24.5 Å². The molecule has 1 aliphatic rings. The molecule has 0 N–H and O–H groups in total. The van der Waals surface area contributed by atoms with E-state index in [9.17, 15) is 0 Å². The van der Waals surface area contributed by atoms with Gasteiger partial charge in [0, 0.05) is 19.3 Å². The van der Waals surface area contributed by atoms with E-state index in [0.717, 1.165) is 43.2 Å². The number of hydrogen-bond acceptors (Lipinski definition) is 5. The Morgan fingerprint density at radius 3 is 2.95 bits per heavy atom. The number of fused-ring (bicyclic) bond motifs is 1. The summed E-state index contributed by atoms with van der Waals surface area (Å²) in [6, 6.07) is 4.36. The van der Waals surface area contributed by atoms with Crippen molar-refractivity contribution in [2.24, 2.45) is 0 Å². The smallest absolute Gasteiger partial charge is 0.177 e. The minimum Gasteiger partial charge on any atom is -0.294 e. The molecule has 0 aromatic carbocycles. The van der Waals surface area contributed by atoms with E-state index in [0.29, 0.717) is 6.04 Å². The molecule has 7 heteroatoms. The predicted molar refractivity (Wildman–Crippen MR) is 81.4 cm³/mol. The monoisotopic (exact) mass is 297 g/mol. The van der Waals surface area contributed by atoms with Crippen molar-refractivity contribution in [1.82, 2.24) is 34.5 Å². The zero-order chi connectivity index (χ0) is 15.1. The number of likely N-dealkylation sites (tertiary alicyclic amines) is 1. The van der Waals surface area contributed by atoms with Gasteiger partial charge in [-0.3, -0.25) is 9.58 Å². The molecule has 22 heavy (non-hydrogen) atoms. The van der Waals surface area contributed by atoms with Gasteiger partial charge in [0.1, 0.15) is 0 Å². The van der Waals surface area contributed by atoms with E-state index >= 15 is 0 Å². The Morgan fingerprint density at radius 2 is 2.14 bits per heavy atom. The largest absolute Gasteiger partial charge is 0.294 e. The van der Waals surface area contributed by atoms with Gasteiger partial charge in [-0.05, 0) is 38.0 Å². The Hall–Kier alpha value is -2.28. The van der Waals surface area contributed by atoms with Gasteiger partial charge in [-0.25, -0.2) is 0 Å². The first-order valence-electron chi connectivity index (χ1n) is 7.60. The Bertz CT molecular complexity index is 803. The highest BCUT2D eigenvalue weighted by Gasteiger charge is 2.25. The summed E-state index contributed by atoms with van der Waals surface area (Å²) in [5, 5.41) is 17.4. The second-order valence-corrected chi connectivity index (χ2v) is 6.04. The molecule has 7 nitrogen and oxygen atoms in total. The lowest BCUT2D eigenvalue weighted by molar-refractivity contribution is 0.301. The van der Waals surface area contributed by atoms with Gasteiger partial charge in [-0.1, -0.05) is 0 Å². The maximum atomic E-state index is 4.51. The van der Waals surface area contributed by atoms with Gasteiger partial charge < -0.3 is 0 Å². The average molecular weight is 297 g/mol. The molecule has 0 amide bonds. The molecule has 4 rings (SSSR count). The predicted octanol–water partition coefficient (Wildman–Crippen LogP) is 1.38. The van der Waals surface area contributed by atoms with Crippen molar-refractivity contribution in [2.45, 2.75) is 32.9 Å². The third kappa shape index (κ3) is 2.37. The fourth-order valence-corrected chi connectivity index (χ4v) is 3.03. The molecule has 3 aromatic heterocycles. The summed E-state index contributed by atoms with van der Waals surface area (Å²) in [5.41, 5.74) is 2.99. The lowest BCUT2D eigenvalue weighted by Crippen LogP contribution is -2.23. The van der Waals surface area contributed by atoms with Crippen LogP contribution in [0, 0.1) is 13.8 Å². The van der Waals surface area contributed by atoms with Crippen LogP contribution in [-0.4, -0.2) is 47.6 Å². The Kier molecular flexibility index (Phi) is 3.15. The van der Waals surface area contributed by atoms with E-state index < -0.39 is 0 Å². The zero-order valence-corrected chi connectivity index (χ0v) is 12.8. The molecule has 0 bridgehead atoms. The van der Waals surface area contributed by atoms with Gasteiger partial charge in [0.2, 0.25) is 0 Å². The van der Waals surface area contributed by atoms with Crippen LogP contribution in [0.1, 0.15) is 29.5 Å². The van der Waals surface area contributed by atoms with E-state index in [2.05, 4.69) is 43.1 Å². The van der Waals surface area contributed by atoms with Gasteiger partial charge in [-0.15, -0.1) is 10.2 Å². The Labute approximate surface area is 128 Å². The number of aromatic nitrogens is 6. The van der Waals surface area contributed by atoms with E-state index in [1.807, 2.05) is 29.8 Å². The van der Waals surface area contributed by atoms with Crippen LogP contribution in [0.5, 0.6) is 0 Å². The fraction of sp³-hybridized carbons (Fsp3) is 0.467.